The second-order valence-electron chi connectivity index (χ2n) is 6.69. The quantitative estimate of drug-likeness (QED) is 0.708. The Balaban J connectivity index is 1.79. The summed E-state index contributed by atoms with van der Waals surface area (Å²) in [5, 5.41) is 0. The van der Waals surface area contributed by atoms with Crippen LogP contribution in [-0.2, 0) is 27.5 Å². The largest absolute Gasteiger partial charge is 0.416 e. The number of sulfonamides is 1. The van der Waals surface area contributed by atoms with Crippen LogP contribution in [0.1, 0.15) is 11.4 Å². The number of ether oxygens (including phenoxy) is 1. The van der Waals surface area contributed by atoms with Gasteiger partial charge in [0.25, 0.3) is 0 Å². The van der Waals surface area contributed by atoms with Crippen LogP contribution in [0.4, 0.5) is 25.1 Å². The molecule has 2 heterocycles. The minimum Gasteiger partial charge on any atom is -0.378 e. The summed E-state index contributed by atoms with van der Waals surface area (Å²) in [4.78, 5) is 16.2. The molecule has 164 valence electrons. The molecule has 2 aromatic rings. The van der Waals surface area contributed by atoms with Crippen molar-refractivity contribution in [3.63, 3.8) is 0 Å². The van der Waals surface area contributed by atoms with E-state index >= 15 is 0 Å². The van der Waals surface area contributed by atoms with E-state index in [9.17, 15) is 21.6 Å². The number of morpholine rings is 1. The molecule has 0 radical (unpaired) electrons. The van der Waals surface area contributed by atoms with Gasteiger partial charge in [-0.3, -0.25) is 0 Å². The van der Waals surface area contributed by atoms with Crippen molar-refractivity contribution in [2.75, 3.05) is 50.2 Å². The van der Waals surface area contributed by atoms with Crippen LogP contribution in [0.2, 0.25) is 0 Å². The molecule has 13 heteroatoms. The molecule has 1 aliphatic heterocycles. The Labute approximate surface area is 172 Å². The zero-order valence-corrected chi connectivity index (χ0v) is 17.2. The third kappa shape index (κ3) is 5.34. The third-order valence-electron chi connectivity index (χ3n) is 4.26. The lowest BCUT2D eigenvalue weighted by Gasteiger charge is -2.27. The number of nitrogens with one attached hydrogen (secondary N) is 1. The van der Waals surface area contributed by atoms with Gasteiger partial charge in [0, 0.05) is 27.2 Å². The van der Waals surface area contributed by atoms with Crippen molar-refractivity contribution < 1.29 is 26.3 Å². The minimum absolute atomic E-state index is 0.186. The number of hydrogen-bond acceptors (Lipinski definition) is 8. The Morgan fingerprint density at radius 3 is 2.30 bits per heavy atom. The molecule has 0 atom stereocenters. The Bertz CT molecular complexity index is 977. The molecule has 1 N–H and O–H groups in total. The SMILES string of the molecule is CN(C)c1nc(CNS(=O)(=O)c2ccc(C(F)(F)F)cc2)nc(N2CCOCC2)n1. The Morgan fingerprint density at radius 1 is 1.10 bits per heavy atom. The van der Waals surface area contributed by atoms with Crippen molar-refractivity contribution >= 4 is 21.9 Å². The van der Waals surface area contributed by atoms with E-state index in [-0.39, 0.29) is 17.3 Å². The van der Waals surface area contributed by atoms with E-state index in [1.165, 1.54) is 0 Å². The van der Waals surface area contributed by atoms with E-state index in [1.54, 1.807) is 19.0 Å². The topological polar surface area (TPSA) is 101 Å². The fraction of sp³-hybridized carbons (Fsp3) is 0.471. The number of nitrogens with zero attached hydrogens (tertiary/aromatic N) is 5. The van der Waals surface area contributed by atoms with Crippen LogP contribution in [0.3, 0.4) is 0 Å². The highest BCUT2D eigenvalue weighted by molar-refractivity contribution is 7.89. The van der Waals surface area contributed by atoms with E-state index in [4.69, 9.17) is 4.74 Å². The van der Waals surface area contributed by atoms with Crippen molar-refractivity contribution in [1.82, 2.24) is 19.7 Å². The van der Waals surface area contributed by atoms with E-state index in [0.29, 0.717) is 38.2 Å². The average Bonchev–Trinajstić information content (AvgIpc) is 2.72. The lowest BCUT2D eigenvalue weighted by molar-refractivity contribution is -0.137. The average molecular weight is 446 g/mol. The summed E-state index contributed by atoms with van der Waals surface area (Å²) in [5.41, 5.74) is -0.926. The summed E-state index contributed by atoms with van der Waals surface area (Å²) in [7, 11) is -0.567. The first-order valence-electron chi connectivity index (χ1n) is 8.98. The number of rotatable bonds is 6. The van der Waals surface area contributed by atoms with Crippen LogP contribution in [0, 0.1) is 0 Å². The van der Waals surface area contributed by atoms with Gasteiger partial charge in [-0.1, -0.05) is 0 Å². The first-order valence-corrected chi connectivity index (χ1v) is 10.5. The zero-order valence-electron chi connectivity index (χ0n) is 16.3. The Kier molecular flexibility index (Phi) is 6.43. The second-order valence-corrected chi connectivity index (χ2v) is 8.46. The van der Waals surface area contributed by atoms with Crippen LogP contribution in [0.15, 0.2) is 29.2 Å². The molecular formula is C17H21F3N6O3S. The molecule has 0 saturated carbocycles. The number of benzene rings is 1. The highest BCUT2D eigenvalue weighted by atomic mass is 32.2. The van der Waals surface area contributed by atoms with Crippen molar-refractivity contribution in [3.8, 4) is 0 Å². The van der Waals surface area contributed by atoms with Crippen molar-refractivity contribution in [2.24, 2.45) is 0 Å². The number of halogens is 3. The maximum absolute atomic E-state index is 12.7. The molecule has 1 aromatic heterocycles. The zero-order chi connectivity index (χ0) is 21.9. The van der Waals surface area contributed by atoms with Gasteiger partial charge in [0.15, 0.2) is 5.82 Å². The van der Waals surface area contributed by atoms with Crippen LogP contribution < -0.4 is 14.5 Å². The van der Waals surface area contributed by atoms with Crippen LogP contribution in [0.5, 0.6) is 0 Å². The van der Waals surface area contributed by atoms with Crippen molar-refractivity contribution in [3.05, 3.63) is 35.7 Å². The van der Waals surface area contributed by atoms with Gasteiger partial charge in [-0.15, -0.1) is 0 Å². The molecule has 0 bridgehead atoms. The van der Waals surface area contributed by atoms with Gasteiger partial charge in [0.05, 0.1) is 30.2 Å². The first-order chi connectivity index (χ1) is 14.1. The van der Waals surface area contributed by atoms with Crippen LogP contribution >= 0.6 is 0 Å². The monoisotopic (exact) mass is 446 g/mol. The predicted octanol–water partition coefficient (Wildman–Crippen LogP) is 1.27. The maximum Gasteiger partial charge on any atom is 0.416 e. The number of hydrogen-bond donors (Lipinski definition) is 1. The number of aromatic nitrogens is 3. The molecule has 0 aliphatic carbocycles. The van der Waals surface area contributed by atoms with Gasteiger partial charge < -0.3 is 14.5 Å². The van der Waals surface area contributed by atoms with E-state index in [1.807, 2.05) is 4.90 Å². The molecule has 9 nitrogen and oxygen atoms in total. The maximum atomic E-state index is 12.7. The normalized spacial score (nSPS) is 15.3. The Morgan fingerprint density at radius 2 is 1.73 bits per heavy atom. The van der Waals surface area contributed by atoms with Gasteiger partial charge >= 0.3 is 6.18 Å². The Hall–Kier alpha value is -2.51. The van der Waals surface area contributed by atoms with Gasteiger partial charge in [-0.05, 0) is 24.3 Å². The summed E-state index contributed by atoms with van der Waals surface area (Å²) in [6.45, 7) is 1.99. The molecule has 1 aliphatic rings. The molecule has 0 unspecified atom stereocenters. The lowest BCUT2D eigenvalue weighted by atomic mass is 10.2. The molecule has 3 rings (SSSR count). The predicted molar refractivity (Wildman–Crippen MR) is 103 cm³/mol. The minimum atomic E-state index is -4.54. The molecule has 1 fully saturated rings. The van der Waals surface area contributed by atoms with Crippen molar-refractivity contribution in [2.45, 2.75) is 17.6 Å². The molecule has 1 aromatic carbocycles. The molecule has 30 heavy (non-hydrogen) atoms. The molecule has 0 spiro atoms. The van der Waals surface area contributed by atoms with E-state index < -0.39 is 21.8 Å². The summed E-state index contributed by atoms with van der Waals surface area (Å²) >= 11 is 0. The first kappa shape index (κ1) is 22.2. The third-order valence-corrected chi connectivity index (χ3v) is 5.68. The van der Waals surface area contributed by atoms with Crippen LogP contribution in [-0.4, -0.2) is 63.8 Å². The number of anilines is 2. The molecule has 0 amide bonds. The van der Waals surface area contributed by atoms with E-state index in [0.717, 1.165) is 24.3 Å². The highest BCUT2D eigenvalue weighted by Gasteiger charge is 2.30. The second kappa shape index (κ2) is 8.70. The van der Waals surface area contributed by atoms with E-state index in [2.05, 4.69) is 19.7 Å². The highest BCUT2D eigenvalue weighted by Crippen LogP contribution is 2.29. The van der Waals surface area contributed by atoms with Gasteiger partial charge in [-0.25, -0.2) is 13.1 Å². The standard InChI is InChI=1S/C17H21F3N6O3S/c1-25(2)15-22-14(23-16(24-15)26-7-9-29-10-8-26)11-21-30(27,28)13-5-3-12(4-6-13)17(18,19)20/h3-6,21H,7-11H2,1-2H3. The molecular weight excluding hydrogens is 425 g/mol. The fourth-order valence-electron chi connectivity index (χ4n) is 2.65. The summed E-state index contributed by atoms with van der Waals surface area (Å²) < 4.78 is 70.6. The summed E-state index contributed by atoms with van der Waals surface area (Å²) in [5.74, 6) is 0.946. The summed E-state index contributed by atoms with van der Waals surface area (Å²) in [6, 6.07) is 3.25. The van der Waals surface area contributed by atoms with Gasteiger partial charge in [-0.2, -0.15) is 28.1 Å². The van der Waals surface area contributed by atoms with Gasteiger partial charge in [0.1, 0.15) is 0 Å². The van der Waals surface area contributed by atoms with Crippen LogP contribution in [0.25, 0.3) is 0 Å². The smallest absolute Gasteiger partial charge is 0.378 e. The van der Waals surface area contributed by atoms with Crippen molar-refractivity contribution in [1.29, 1.82) is 0 Å². The van der Waals surface area contributed by atoms with Gasteiger partial charge in [0.2, 0.25) is 21.9 Å². The molecule has 1 saturated heterocycles. The fourth-order valence-corrected chi connectivity index (χ4v) is 3.63. The summed E-state index contributed by atoms with van der Waals surface area (Å²) in [6.07, 6.45) is -4.54. The lowest BCUT2D eigenvalue weighted by Crippen LogP contribution is -2.38. The number of alkyl halides is 3.